The zero-order valence-electron chi connectivity index (χ0n) is 12.8. The van der Waals surface area contributed by atoms with E-state index in [1.807, 2.05) is 15.9 Å². The second-order valence-electron chi connectivity index (χ2n) is 5.48. The van der Waals surface area contributed by atoms with Crippen LogP contribution in [-0.4, -0.2) is 36.2 Å². The molecule has 0 amide bonds. The van der Waals surface area contributed by atoms with Crippen LogP contribution in [0.25, 0.3) is 0 Å². The van der Waals surface area contributed by atoms with Gasteiger partial charge in [-0.2, -0.15) is 0 Å². The Hall–Kier alpha value is -1.92. The maximum absolute atomic E-state index is 13.8. The molecule has 0 aliphatic carbocycles. The van der Waals surface area contributed by atoms with Crippen LogP contribution in [0.3, 0.4) is 0 Å². The van der Waals surface area contributed by atoms with Crippen LogP contribution in [0.15, 0.2) is 42.5 Å². The van der Waals surface area contributed by atoms with E-state index in [-0.39, 0.29) is 5.82 Å². The number of para-hydroxylation sites is 1. The largest absolute Gasteiger partial charge is 0.366 e. The normalized spacial score (nSPS) is 14.6. The Morgan fingerprint density at radius 3 is 2.38 bits per heavy atom. The van der Waals surface area contributed by atoms with E-state index < -0.39 is 5.82 Å². The monoisotopic (exact) mass is 367 g/mol. The first kappa shape index (κ1) is 16.9. The van der Waals surface area contributed by atoms with Crippen LogP contribution in [-0.2, 0) is 0 Å². The Kier molecular flexibility index (Phi) is 5.16. The van der Waals surface area contributed by atoms with E-state index in [2.05, 4.69) is 5.32 Å². The Morgan fingerprint density at radius 1 is 1.00 bits per heavy atom. The number of nitrogens with zero attached hydrogens (tertiary/aromatic N) is 2. The van der Waals surface area contributed by atoms with Gasteiger partial charge in [0.2, 0.25) is 0 Å². The number of benzene rings is 2. The number of hydrogen-bond donors (Lipinski definition) is 1. The van der Waals surface area contributed by atoms with Crippen LogP contribution in [0.5, 0.6) is 0 Å². The minimum absolute atomic E-state index is 0.227. The molecule has 0 saturated carbocycles. The molecule has 24 heavy (non-hydrogen) atoms. The van der Waals surface area contributed by atoms with Gasteiger partial charge in [0.15, 0.2) is 5.11 Å². The smallest absolute Gasteiger partial charge is 0.173 e. The molecule has 0 aromatic heterocycles. The first-order chi connectivity index (χ1) is 11.5. The summed E-state index contributed by atoms with van der Waals surface area (Å²) >= 11 is 11.1. The van der Waals surface area contributed by atoms with Gasteiger partial charge >= 0.3 is 0 Å². The summed E-state index contributed by atoms with van der Waals surface area (Å²) in [4.78, 5) is 3.93. The van der Waals surface area contributed by atoms with E-state index in [4.69, 9.17) is 23.8 Å². The lowest BCUT2D eigenvalue weighted by Gasteiger charge is -2.37. The van der Waals surface area contributed by atoms with Gasteiger partial charge in [0.1, 0.15) is 11.6 Å². The van der Waals surface area contributed by atoms with Crippen molar-refractivity contribution in [1.29, 1.82) is 0 Å². The fourth-order valence-electron chi connectivity index (χ4n) is 2.64. The molecule has 1 saturated heterocycles. The molecule has 0 radical (unpaired) electrons. The summed E-state index contributed by atoms with van der Waals surface area (Å²) in [5, 5.41) is 3.69. The SMILES string of the molecule is Fc1cc(Cl)ccc1NC(=S)N1CCN(c2ccccc2F)CC1. The van der Waals surface area contributed by atoms with Crippen LogP contribution in [0, 0.1) is 11.6 Å². The fourth-order valence-corrected chi connectivity index (χ4v) is 3.10. The lowest BCUT2D eigenvalue weighted by molar-refractivity contribution is 0.388. The molecule has 3 rings (SSSR count). The number of piperazine rings is 1. The molecule has 1 aliphatic rings. The van der Waals surface area contributed by atoms with Gasteiger partial charge in [0.05, 0.1) is 11.4 Å². The number of rotatable bonds is 2. The average Bonchev–Trinajstić information content (AvgIpc) is 2.58. The van der Waals surface area contributed by atoms with Crippen molar-refractivity contribution in [2.75, 3.05) is 36.4 Å². The number of nitrogens with one attached hydrogen (secondary N) is 1. The van der Waals surface area contributed by atoms with Crippen molar-refractivity contribution in [2.24, 2.45) is 0 Å². The lowest BCUT2D eigenvalue weighted by Crippen LogP contribution is -2.50. The van der Waals surface area contributed by atoms with Gasteiger partial charge in [0.25, 0.3) is 0 Å². The van der Waals surface area contributed by atoms with E-state index >= 15 is 0 Å². The Morgan fingerprint density at radius 2 is 1.71 bits per heavy atom. The molecule has 1 N–H and O–H groups in total. The van der Waals surface area contributed by atoms with Crippen molar-refractivity contribution in [3.63, 3.8) is 0 Å². The maximum Gasteiger partial charge on any atom is 0.173 e. The van der Waals surface area contributed by atoms with Gasteiger partial charge < -0.3 is 15.1 Å². The summed E-state index contributed by atoms with van der Waals surface area (Å²) in [6, 6.07) is 11.1. The van der Waals surface area contributed by atoms with Crippen LogP contribution >= 0.6 is 23.8 Å². The van der Waals surface area contributed by atoms with Gasteiger partial charge in [-0.1, -0.05) is 23.7 Å². The standard InChI is InChI=1S/C17H16ClF2N3S/c18-12-5-6-15(14(20)11-12)21-17(24)23-9-7-22(8-10-23)16-4-2-1-3-13(16)19/h1-6,11H,7-10H2,(H,21,24). The lowest BCUT2D eigenvalue weighted by atomic mass is 10.2. The molecule has 2 aromatic rings. The molecule has 0 spiro atoms. The van der Waals surface area contributed by atoms with Gasteiger partial charge in [-0.3, -0.25) is 0 Å². The van der Waals surface area contributed by atoms with Gasteiger partial charge in [-0.15, -0.1) is 0 Å². The summed E-state index contributed by atoms with van der Waals surface area (Å²) in [5.74, 6) is -0.676. The third-order valence-corrected chi connectivity index (χ3v) is 4.53. The molecular weight excluding hydrogens is 352 g/mol. The molecule has 2 aromatic carbocycles. The summed E-state index contributed by atoms with van der Waals surface area (Å²) in [6.07, 6.45) is 0. The van der Waals surface area contributed by atoms with Crippen molar-refractivity contribution >= 4 is 40.3 Å². The zero-order chi connectivity index (χ0) is 17.1. The maximum atomic E-state index is 13.8. The summed E-state index contributed by atoms with van der Waals surface area (Å²) in [7, 11) is 0. The highest BCUT2D eigenvalue weighted by Gasteiger charge is 2.21. The molecule has 1 heterocycles. The molecule has 0 bridgehead atoms. The molecule has 7 heteroatoms. The third kappa shape index (κ3) is 3.76. The topological polar surface area (TPSA) is 18.5 Å². The van der Waals surface area contributed by atoms with E-state index in [0.29, 0.717) is 47.7 Å². The fraction of sp³-hybridized carbons (Fsp3) is 0.235. The minimum Gasteiger partial charge on any atom is -0.366 e. The highest BCUT2D eigenvalue weighted by atomic mass is 35.5. The van der Waals surface area contributed by atoms with Gasteiger partial charge in [0, 0.05) is 31.2 Å². The quantitative estimate of drug-likeness (QED) is 0.804. The first-order valence-electron chi connectivity index (χ1n) is 7.55. The predicted molar refractivity (Wildman–Crippen MR) is 97.8 cm³/mol. The van der Waals surface area contributed by atoms with Crippen LogP contribution in [0.2, 0.25) is 5.02 Å². The van der Waals surface area contributed by atoms with Crippen molar-refractivity contribution in [3.8, 4) is 0 Å². The second kappa shape index (κ2) is 7.32. The average molecular weight is 368 g/mol. The highest BCUT2D eigenvalue weighted by molar-refractivity contribution is 7.80. The van der Waals surface area contributed by atoms with E-state index in [1.54, 1.807) is 24.3 Å². The first-order valence-corrected chi connectivity index (χ1v) is 8.33. The van der Waals surface area contributed by atoms with E-state index in [0.717, 1.165) is 0 Å². The van der Waals surface area contributed by atoms with Crippen LogP contribution < -0.4 is 10.2 Å². The van der Waals surface area contributed by atoms with Crippen molar-refractivity contribution in [2.45, 2.75) is 0 Å². The highest BCUT2D eigenvalue weighted by Crippen LogP contribution is 2.22. The molecule has 1 fully saturated rings. The van der Waals surface area contributed by atoms with Gasteiger partial charge in [-0.25, -0.2) is 8.78 Å². The number of anilines is 2. The Bertz CT molecular complexity index is 748. The summed E-state index contributed by atoms with van der Waals surface area (Å²) < 4.78 is 27.7. The molecule has 0 unspecified atom stereocenters. The van der Waals surface area contributed by atoms with E-state index in [1.165, 1.54) is 12.1 Å². The Balaban J connectivity index is 1.60. The Labute approximate surface area is 149 Å². The number of hydrogen-bond acceptors (Lipinski definition) is 2. The molecule has 126 valence electrons. The number of thiocarbonyl (C=S) groups is 1. The molecule has 3 nitrogen and oxygen atoms in total. The summed E-state index contributed by atoms with van der Waals surface area (Å²) in [5.41, 5.74) is 0.890. The zero-order valence-corrected chi connectivity index (χ0v) is 14.4. The second-order valence-corrected chi connectivity index (χ2v) is 6.30. The molecule has 1 aliphatic heterocycles. The van der Waals surface area contributed by atoms with E-state index in [9.17, 15) is 8.78 Å². The van der Waals surface area contributed by atoms with Crippen molar-refractivity contribution in [1.82, 2.24) is 4.90 Å². The molecule has 0 atom stereocenters. The van der Waals surface area contributed by atoms with Crippen molar-refractivity contribution < 1.29 is 8.78 Å². The minimum atomic E-state index is -0.449. The van der Waals surface area contributed by atoms with Crippen LogP contribution in [0.1, 0.15) is 0 Å². The molecular formula is C17H16ClF2N3S. The number of halogens is 3. The van der Waals surface area contributed by atoms with Crippen LogP contribution in [0.4, 0.5) is 20.2 Å². The van der Waals surface area contributed by atoms with Gasteiger partial charge in [-0.05, 0) is 42.5 Å². The third-order valence-electron chi connectivity index (χ3n) is 3.93. The predicted octanol–water partition coefficient (Wildman–Crippen LogP) is 4.14. The summed E-state index contributed by atoms with van der Waals surface area (Å²) in [6.45, 7) is 2.56. The van der Waals surface area contributed by atoms with Crippen molar-refractivity contribution in [3.05, 3.63) is 59.1 Å².